The van der Waals surface area contributed by atoms with Gasteiger partial charge in [0.25, 0.3) is 5.91 Å². The molecule has 4 N–H and O–H groups in total. The maximum absolute atomic E-state index is 11.9. The lowest BCUT2D eigenvalue weighted by molar-refractivity contribution is -0.117. The fourth-order valence-corrected chi connectivity index (χ4v) is 3.88. The number of nitrogens with zero attached hydrogens (tertiary/aromatic N) is 3. The van der Waals surface area contributed by atoms with Crippen molar-refractivity contribution in [2.24, 2.45) is 5.73 Å². The summed E-state index contributed by atoms with van der Waals surface area (Å²) in [5.74, 6) is -0.338. The average Bonchev–Trinajstić information content (AvgIpc) is 3.15. The number of nitrogens with one attached hydrogen (secondary N) is 2. The van der Waals surface area contributed by atoms with E-state index in [1.165, 1.54) is 0 Å². The summed E-state index contributed by atoms with van der Waals surface area (Å²) in [6, 6.07) is 6.05. The van der Waals surface area contributed by atoms with Crippen molar-refractivity contribution in [3.8, 4) is 0 Å². The number of carbonyl (C=O) groups is 2. The Morgan fingerprint density at radius 3 is 2.66 bits per heavy atom. The third-order valence-corrected chi connectivity index (χ3v) is 5.48. The second kappa shape index (κ2) is 8.57. The number of hydrogen-bond donors (Lipinski definition) is 3. The Bertz CT molecular complexity index is 893. The molecule has 2 aliphatic heterocycles. The lowest BCUT2D eigenvalue weighted by Gasteiger charge is -2.25. The molecule has 4 rings (SSSR count). The molecule has 8 nitrogen and oxygen atoms in total. The normalized spacial score (nSPS) is 17.5. The number of hydrogen-bond acceptors (Lipinski definition) is 6. The molecule has 0 aromatic carbocycles. The molecule has 29 heavy (non-hydrogen) atoms. The summed E-state index contributed by atoms with van der Waals surface area (Å²) in [6.45, 7) is 2.66. The van der Waals surface area contributed by atoms with Gasteiger partial charge in [0, 0.05) is 43.0 Å². The number of rotatable bonds is 6. The fraction of sp³-hybridized carbons (Fsp3) is 0.429. The van der Waals surface area contributed by atoms with Crippen LogP contribution in [0.5, 0.6) is 0 Å². The van der Waals surface area contributed by atoms with Crippen LogP contribution in [0.15, 0.2) is 30.6 Å². The Balaban J connectivity index is 1.49. The number of aromatic nitrogens is 2. The highest BCUT2D eigenvalue weighted by atomic mass is 16.2. The van der Waals surface area contributed by atoms with E-state index in [2.05, 4.69) is 20.6 Å². The van der Waals surface area contributed by atoms with E-state index in [1.807, 2.05) is 18.2 Å². The number of anilines is 2. The van der Waals surface area contributed by atoms with E-state index in [-0.39, 0.29) is 5.91 Å². The lowest BCUT2D eigenvalue weighted by Crippen LogP contribution is -2.35. The van der Waals surface area contributed by atoms with Gasteiger partial charge in [-0.2, -0.15) is 0 Å². The molecule has 0 radical (unpaired) electrons. The van der Waals surface area contributed by atoms with Gasteiger partial charge in [0.2, 0.25) is 5.91 Å². The van der Waals surface area contributed by atoms with Crippen molar-refractivity contribution < 1.29 is 9.59 Å². The molecular weight excluding hydrogens is 368 g/mol. The van der Waals surface area contributed by atoms with Gasteiger partial charge in [-0.25, -0.2) is 0 Å². The first kappa shape index (κ1) is 19.3. The van der Waals surface area contributed by atoms with E-state index in [0.29, 0.717) is 24.4 Å². The van der Waals surface area contributed by atoms with E-state index in [9.17, 15) is 9.59 Å². The molecule has 2 aromatic rings. The smallest absolute Gasteiger partial charge is 0.252 e. The molecule has 2 aliphatic rings. The molecule has 2 aromatic heterocycles. The van der Waals surface area contributed by atoms with Crippen molar-refractivity contribution in [2.45, 2.75) is 38.1 Å². The standard InChI is InChI=1S/C21H26N6O2/c22-21(29)18-13-25-16(11-19(18)26-14-5-7-23-8-6-14)10-15-3-4-17(12-24-15)27-9-1-2-20(27)28/h3-4,11-14,23H,1-2,5-10H2,(H2,22,29)(H,25,26). The Hall–Kier alpha value is -3.00. The number of nitrogens with two attached hydrogens (primary N) is 1. The van der Waals surface area contributed by atoms with Crippen LogP contribution in [0.3, 0.4) is 0 Å². The number of primary amides is 1. The van der Waals surface area contributed by atoms with Crippen LogP contribution in [-0.2, 0) is 11.2 Å². The zero-order valence-corrected chi connectivity index (χ0v) is 16.4. The van der Waals surface area contributed by atoms with Gasteiger partial charge in [0.1, 0.15) is 0 Å². The molecule has 0 spiro atoms. The van der Waals surface area contributed by atoms with Crippen molar-refractivity contribution in [3.05, 3.63) is 47.5 Å². The van der Waals surface area contributed by atoms with Gasteiger partial charge >= 0.3 is 0 Å². The van der Waals surface area contributed by atoms with Crippen molar-refractivity contribution in [3.63, 3.8) is 0 Å². The summed E-state index contributed by atoms with van der Waals surface area (Å²) >= 11 is 0. The van der Waals surface area contributed by atoms with Crippen LogP contribution >= 0.6 is 0 Å². The Morgan fingerprint density at radius 2 is 2.00 bits per heavy atom. The Kier molecular flexibility index (Phi) is 5.71. The monoisotopic (exact) mass is 394 g/mol. The van der Waals surface area contributed by atoms with Gasteiger partial charge < -0.3 is 21.3 Å². The lowest BCUT2D eigenvalue weighted by atomic mass is 10.0. The summed E-state index contributed by atoms with van der Waals surface area (Å²) in [7, 11) is 0. The van der Waals surface area contributed by atoms with Crippen LogP contribution in [-0.4, -0.2) is 47.5 Å². The summed E-state index contributed by atoms with van der Waals surface area (Å²) in [6.07, 6.45) is 7.30. The van der Waals surface area contributed by atoms with Gasteiger partial charge in [0.05, 0.1) is 23.1 Å². The largest absolute Gasteiger partial charge is 0.381 e. The highest BCUT2D eigenvalue weighted by Crippen LogP contribution is 2.23. The van der Waals surface area contributed by atoms with Crippen LogP contribution in [0.2, 0.25) is 0 Å². The first-order valence-corrected chi connectivity index (χ1v) is 10.1. The van der Waals surface area contributed by atoms with Gasteiger partial charge in [-0.05, 0) is 50.6 Å². The molecule has 0 aliphatic carbocycles. The molecule has 0 atom stereocenters. The van der Waals surface area contributed by atoms with Crippen molar-refractivity contribution in [1.29, 1.82) is 0 Å². The maximum atomic E-state index is 11.9. The van der Waals surface area contributed by atoms with Crippen LogP contribution in [0.4, 0.5) is 11.4 Å². The van der Waals surface area contributed by atoms with Crippen molar-refractivity contribution >= 4 is 23.2 Å². The fourth-order valence-electron chi connectivity index (χ4n) is 3.88. The summed E-state index contributed by atoms with van der Waals surface area (Å²) < 4.78 is 0. The molecular formula is C21H26N6O2. The van der Waals surface area contributed by atoms with Crippen molar-refractivity contribution in [2.75, 3.05) is 29.9 Å². The molecule has 4 heterocycles. The molecule has 0 unspecified atom stereocenters. The van der Waals surface area contributed by atoms with Gasteiger partial charge in [-0.15, -0.1) is 0 Å². The number of amides is 2. The predicted octanol–water partition coefficient (Wildman–Crippen LogP) is 1.46. The average molecular weight is 394 g/mol. The van der Waals surface area contributed by atoms with E-state index in [0.717, 1.165) is 61.7 Å². The van der Waals surface area contributed by atoms with Crippen LogP contribution < -0.4 is 21.3 Å². The van der Waals surface area contributed by atoms with Crippen LogP contribution in [0.1, 0.15) is 47.4 Å². The highest BCUT2D eigenvalue weighted by Gasteiger charge is 2.22. The second-order valence-corrected chi connectivity index (χ2v) is 7.59. The highest BCUT2D eigenvalue weighted by molar-refractivity contribution is 5.98. The van der Waals surface area contributed by atoms with Crippen molar-refractivity contribution in [1.82, 2.24) is 15.3 Å². The quantitative estimate of drug-likeness (QED) is 0.684. The predicted molar refractivity (Wildman–Crippen MR) is 111 cm³/mol. The number of piperidine rings is 1. The summed E-state index contributed by atoms with van der Waals surface area (Å²) in [5, 5.41) is 6.80. The molecule has 2 fully saturated rings. The SMILES string of the molecule is NC(=O)c1cnc(Cc2ccc(N3CCCC3=O)cn2)cc1NC1CCNCC1. The zero-order chi connectivity index (χ0) is 20.2. The second-order valence-electron chi connectivity index (χ2n) is 7.59. The van der Waals surface area contributed by atoms with Crippen LogP contribution in [0.25, 0.3) is 0 Å². The third kappa shape index (κ3) is 4.54. The molecule has 8 heteroatoms. The summed E-state index contributed by atoms with van der Waals surface area (Å²) in [4.78, 5) is 34.4. The first-order chi connectivity index (χ1) is 14.1. The molecule has 2 amide bonds. The van der Waals surface area contributed by atoms with E-state index in [4.69, 9.17) is 5.73 Å². The number of carbonyl (C=O) groups excluding carboxylic acids is 2. The minimum atomic E-state index is -0.488. The zero-order valence-electron chi connectivity index (χ0n) is 16.4. The minimum absolute atomic E-state index is 0.150. The Labute approximate surface area is 169 Å². The van der Waals surface area contributed by atoms with Crippen LogP contribution in [0, 0.1) is 0 Å². The Morgan fingerprint density at radius 1 is 1.21 bits per heavy atom. The summed E-state index contributed by atoms with van der Waals surface area (Å²) in [5.41, 5.74) is 9.17. The van der Waals surface area contributed by atoms with Gasteiger partial charge in [-0.3, -0.25) is 19.6 Å². The molecule has 152 valence electrons. The maximum Gasteiger partial charge on any atom is 0.252 e. The van der Waals surface area contributed by atoms with E-state index in [1.54, 1.807) is 17.3 Å². The van der Waals surface area contributed by atoms with E-state index < -0.39 is 5.91 Å². The molecule has 0 bridgehead atoms. The minimum Gasteiger partial charge on any atom is -0.381 e. The third-order valence-electron chi connectivity index (χ3n) is 5.48. The van der Waals surface area contributed by atoms with Gasteiger partial charge in [-0.1, -0.05) is 0 Å². The van der Waals surface area contributed by atoms with E-state index >= 15 is 0 Å². The molecule has 2 saturated heterocycles. The first-order valence-electron chi connectivity index (χ1n) is 10.1. The van der Waals surface area contributed by atoms with Gasteiger partial charge in [0.15, 0.2) is 0 Å². The molecule has 0 saturated carbocycles. The topological polar surface area (TPSA) is 113 Å². The number of pyridine rings is 2.